The van der Waals surface area contributed by atoms with Crippen molar-refractivity contribution in [2.24, 2.45) is 0 Å². The maximum absolute atomic E-state index is 13.1. The van der Waals surface area contributed by atoms with Gasteiger partial charge in [-0.25, -0.2) is 13.5 Å². The lowest BCUT2D eigenvalue weighted by Gasteiger charge is -2.05. The second-order valence-electron chi connectivity index (χ2n) is 3.70. The van der Waals surface area contributed by atoms with Crippen LogP contribution in [0.3, 0.4) is 0 Å². The molecule has 0 aliphatic carbocycles. The van der Waals surface area contributed by atoms with E-state index in [1.54, 1.807) is 6.92 Å². The molecule has 0 bridgehead atoms. The average Bonchev–Trinajstić information content (AvgIpc) is 2.64. The summed E-state index contributed by atoms with van der Waals surface area (Å²) in [5, 5.41) is 16.2. The Kier molecular flexibility index (Phi) is 3.05. The highest BCUT2D eigenvalue weighted by molar-refractivity contribution is 5.70. The van der Waals surface area contributed by atoms with E-state index in [9.17, 15) is 13.6 Å². The van der Waals surface area contributed by atoms with Crippen molar-refractivity contribution in [1.82, 2.24) is 15.0 Å². The van der Waals surface area contributed by atoms with E-state index in [2.05, 4.69) is 10.3 Å². The first-order valence-electron chi connectivity index (χ1n) is 5.07. The van der Waals surface area contributed by atoms with Crippen LogP contribution in [-0.4, -0.2) is 26.1 Å². The van der Waals surface area contributed by atoms with Crippen molar-refractivity contribution in [2.45, 2.75) is 13.3 Å². The zero-order valence-electron chi connectivity index (χ0n) is 9.39. The molecule has 0 fully saturated rings. The van der Waals surface area contributed by atoms with Crippen LogP contribution >= 0.6 is 0 Å². The van der Waals surface area contributed by atoms with Gasteiger partial charge in [0.1, 0.15) is 0 Å². The van der Waals surface area contributed by atoms with Crippen LogP contribution in [0.5, 0.6) is 0 Å². The Morgan fingerprint density at radius 1 is 1.39 bits per heavy atom. The predicted molar refractivity (Wildman–Crippen MR) is 57.4 cm³/mol. The van der Waals surface area contributed by atoms with Crippen molar-refractivity contribution in [2.75, 3.05) is 0 Å². The highest BCUT2D eigenvalue weighted by atomic mass is 19.2. The molecule has 18 heavy (non-hydrogen) atoms. The number of hydrogen-bond donors (Lipinski definition) is 1. The summed E-state index contributed by atoms with van der Waals surface area (Å²) in [6, 6.07) is 3.19. The predicted octanol–water partition coefficient (Wildman–Crippen LogP) is 1.48. The molecule has 1 aromatic carbocycles. The Balaban J connectivity index is 2.50. The smallest absolute Gasteiger partial charge is 0.309 e. The minimum Gasteiger partial charge on any atom is -0.481 e. The molecule has 94 valence electrons. The Hall–Kier alpha value is -2.31. The van der Waals surface area contributed by atoms with E-state index in [0.29, 0.717) is 11.4 Å². The Labute approximate surface area is 101 Å². The molecule has 0 saturated heterocycles. The van der Waals surface area contributed by atoms with Crippen LogP contribution in [0.25, 0.3) is 5.69 Å². The summed E-state index contributed by atoms with van der Waals surface area (Å²) in [6.07, 6.45) is -0.294. The highest BCUT2D eigenvalue weighted by Crippen LogP contribution is 2.16. The van der Waals surface area contributed by atoms with Crippen LogP contribution in [0, 0.1) is 18.6 Å². The number of aromatic nitrogens is 3. The van der Waals surface area contributed by atoms with E-state index >= 15 is 0 Å². The number of halogens is 2. The van der Waals surface area contributed by atoms with Crippen LogP contribution in [0.1, 0.15) is 11.4 Å². The van der Waals surface area contributed by atoms with Gasteiger partial charge >= 0.3 is 5.97 Å². The summed E-state index contributed by atoms with van der Waals surface area (Å²) in [5.41, 5.74) is 0.987. The fraction of sp³-hybridized carbons (Fsp3) is 0.182. The van der Waals surface area contributed by atoms with Gasteiger partial charge in [0.25, 0.3) is 0 Å². The maximum atomic E-state index is 13.1. The second kappa shape index (κ2) is 4.52. The van der Waals surface area contributed by atoms with E-state index < -0.39 is 17.6 Å². The first-order valence-corrected chi connectivity index (χ1v) is 5.07. The third-order valence-electron chi connectivity index (χ3n) is 2.42. The lowest BCUT2D eigenvalue weighted by molar-refractivity contribution is -0.136. The quantitative estimate of drug-likeness (QED) is 0.899. The van der Waals surface area contributed by atoms with Crippen molar-refractivity contribution in [3.8, 4) is 5.69 Å². The SMILES string of the molecule is Cc1nnn(-c2ccc(F)c(F)c2)c1CC(=O)O. The number of carboxylic acid groups (broad SMARTS) is 1. The summed E-state index contributed by atoms with van der Waals surface area (Å²) < 4.78 is 27.1. The van der Waals surface area contributed by atoms with Gasteiger partial charge in [-0.3, -0.25) is 4.79 Å². The molecule has 1 aromatic heterocycles. The van der Waals surface area contributed by atoms with Crippen molar-refractivity contribution >= 4 is 5.97 Å². The summed E-state index contributed by atoms with van der Waals surface area (Å²) in [6.45, 7) is 1.60. The van der Waals surface area contributed by atoms with Crippen molar-refractivity contribution in [1.29, 1.82) is 0 Å². The van der Waals surface area contributed by atoms with Crippen molar-refractivity contribution in [3.63, 3.8) is 0 Å². The zero-order chi connectivity index (χ0) is 13.3. The van der Waals surface area contributed by atoms with Gasteiger partial charge in [0, 0.05) is 6.07 Å². The molecule has 0 saturated carbocycles. The summed E-state index contributed by atoms with van der Waals surface area (Å²) in [5.74, 6) is -3.05. The van der Waals surface area contributed by atoms with Gasteiger partial charge in [-0.05, 0) is 19.1 Å². The Morgan fingerprint density at radius 2 is 2.11 bits per heavy atom. The number of carbonyl (C=O) groups is 1. The number of aryl methyl sites for hydroxylation is 1. The van der Waals surface area contributed by atoms with Gasteiger partial charge in [0.15, 0.2) is 11.6 Å². The van der Waals surface area contributed by atoms with Crippen LogP contribution in [0.15, 0.2) is 18.2 Å². The summed E-state index contributed by atoms with van der Waals surface area (Å²) >= 11 is 0. The molecule has 2 rings (SSSR count). The monoisotopic (exact) mass is 253 g/mol. The van der Waals surface area contributed by atoms with Gasteiger partial charge in [-0.15, -0.1) is 5.10 Å². The highest BCUT2D eigenvalue weighted by Gasteiger charge is 2.15. The fourth-order valence-electron chi connectivity index (χ4n) is 1.55. The molecule has 0 amide bonds. The zero-order valence-corrected chi connectivity index (χ0v) is 9.39. The largest absolute Gasteiger partial charge is 0.481 e. The number of nitrogens with zero attached hydrogens (tertiary/aromatic N) is 3. The Bertz CT molecular complexity index is 610. The minimum atomic E-state index is -1.05. The molecule has 0 unspecified atom stereocenters. The van der Waals surface area contributed by atoms with Gasteiger partial charge in [0.05, 0.1) is 23.5 Å². The summed E-state index contributed by atoms with van der Waals surface area (Å²) in [7, 11) is 0. The molecular formula is C11H9F2N3O2. The molecule has 0 aliphatic heterocycles. The first-order chi connectivity index (χ1) is 8.49. The number of hydrogen-bond acceptors (Lipinski definition) is 3. The lowest BCUT2D eigenvalue weighted by atomic mass is 10.2. The number of benzene rings is 1. The van der Waals surface area contributed by atoms with Crippen LogP contribution < -0.4 is 0 Å². The number of carboxylic acids is 1. The number of rotatable bonds is 3. The van der Waals surface area contributed by atoms with E-state index in [1.165, 1.54) is 10.7 Å². The first kappa shape index (κ1) is 12.2. The van der Waals surface area contributed by atoms with Crippen LogP contribution in [-0.2, 0) is 11.2 Å². The van der Waals surface area contributed by atoms with E-state index in [-0.39, 0.29) is 12.1 Å². The number of aliphatic carboxylic acids is 1. The third-order valence-corrected chi connectivity index (χ3v) is 2.42. The molecule has 0 atom stereocenters. The van der Waals surface area contributed by atoms with E-state index in [1.807, 2.05) is 0 Å². The lowest BCUT2D eigenvalue weighted by Crippen LogP contribution is -2.09. The maximum Gasteiger partial charge on any atom is 0.309 e. The Morgan fingerprint density at radius 3 is 2.72 bits per heavy atom. The standard InChI is InChI=1S/C11H9F2N3O2/c1-6-10(5-11(17)18)16(15-14-6)7-2-3-8(12)9(13)4-7/h2-4H,5H2,1H3,(H,17,18). The van der Waals surface area contributed by atoms with E-state index in [0.717, 1.165) is 12.1 Å². The van der Waals surface area contributed by atoms with Gasteiger partial charge in [-0.1, -0.05) is 5.21 Å². The fourth-order valence-corrected chi connectivity index (χ4v) is 1.55. The van der Waals surface area contributed by atoms with Crippen molar-refractivity contribution < 1.29 is 18.7 Å². The van der Waals surface area contributed by atoms with Crippen molar-refractivity contribution in [3.05, 3.63) is 41.2 Å². The van der Waals surface area contributed by atoms with Gasteiger partial charge in [-0.2, -0.15) is 0 Å². The van der Waals surface area contributed by atoms with Crippen LogP contribution in [0.4, 0.5) is 8.78 Å². The van der Waals surface area contributed by atoms with Gasteiger partial charge < -0.3 is 5.11 Å². The molecule has 1 heterocycles. The van der Waals surface area contributed by atoms with E-state index in [4.69, 9.17) is 5.11 Å². The molecule has 0 spiro atoms. The minimum absolute atomic E-state index is 0.228. The summed E-state index contributed by atoms with van der Waals surface area (Å²) in [4.78, 5) is 10.7. The molecule has 5 nitrogen and oxygen atoms in total. The molecule has 1 N–H and O–H groups in total. The molecule has 0 radical (unpaired) electrons. The molecule has 7 heteroatoms. The second-order valence-corrected chi connectivity index (χ2v) is 3.70. The molecule has 2 aromatic rings. The molecular weight excluding hydrogens is 244 g/mol. The molecule has 0 aliphatic rings. The third kappa shape index (κ3) is 2.20. The average molecular weight is 253 g/mol. The topological polar surface area (TPSA) is 68.0 Å². The van der Waals surface area contributed by atoms with Gasteiger partial charge in [0.2, 0.25) is 0 Å². The normalized spacial score (nSPS) is 10.6. The van der Waals surface area contributed by atoms with Crippen LogP contribution in [0.2, 0.25) is 0 Å².